The number of pyridine rings is 1. The van der Waals surface area contributed by atoms with Crippen LogP contribution in [0, 0.1) is 0 Å². The lowest BCUT2D eigenvalue weighted by molar-refractivity contribution is 0.103. The van der Waals surface area contributed by atoms with E-state index < -0.39 is 0 Å². The van der Waals surface area contributed by atoms with Crippen molar-refractivity contribution in [3.05, 3.63) is 41.7 Å². The Morgan fingerprint density at radius 1 is 0.960 bits per heavy atom. The number of methoxy groups -OCH3 is 3. The van der Waals surface area contributed by atoms with Gasteiger partial charge >= 0.3 is 0 Å². The molecular weight excluding hydrogens is 322 g/mol. The van der Waals surface area contributed by atoms with Gasteiger partial charge in [0.15, 0.2) is 23.0 Å². The summed E-state index contributed by atoms with van der Waals surface area (Å²) in [5, 5.41) is 11.7. The average molecular weight is 337 g/mol. The number of ether oxygens (including phenoxy) is 3. The number of aromatic hydroxyl groups is 1. The molecule has 1 aliphatic rings. The number of fused-ring (bicyclic) bond motifs is 2. The van der Waals surface area contributed by atoms with Crippen molar-refractivity contribution in [1.29, 1.82) is 0 Å². The average Bonchev–Trinajstić information content (AvgIpc) is 2.64. The zero-order valence-electron chi connectivity index (χ0n) is 13.9. The summed E-state index contributed by atoms with van der Waals surface area (Å²) < 4.78 is 16.4. The molecule has 126 valence electrons. The van der Waals surface area contributed by atoms with E-state index in [2.05, 4.69) is 4.98 Å². The molecule has 0 fully saturated rings. The third-order valence-electron chi connectivity index (χ3n) is 4.45. The molecule has 0 spiro atoms. The van der Waals surface area contributed by atoms with Gasteiger partial charge in [-0.2, -0.15) is 0 Å². The van der Waals surface area contributed by atoms with E-state index in [1.165, 1.54) is 20.3 Å². The number of ketones is 1. The van der Waals surface area contributed by atoms with Gasteiger partial charge in [-0.1, -0.05) is 0 Å². The minimum atomic E-state index is -0.224. The Kier molecular flexibility index (Phi) is 3.28. The van der Waals surface area contributed by atoms with Crippen molar-refractivity contribution in [2.45, 2.75) is 0 Å². The lowest BCUT2D eigenvalue weighted by Crippen LogP contribution is -2.14. The van der Waals surface area contributed by atoms with Crippen molar-refractivity contribution in [3.8, 4) is 34.1 Å². The maximum atomic E-state index is 13.0. The molecule has 1 aromatic heterocycles. The van der Waals surface area contributed by atoms with Crippen LogP contribution in [0.2, 0.25) is 0 Å². The van der Waals surface area contributed by atoms with E-state index in [1.807, 2.05) is 0 Å². The maximum Gasteiger partial charge on any atom is 0.212 e. The number of aromatic nitrogens is 1. The van der Waals surface area contributed by atoms with Gasteiger partial charge in [0.2, 0.25) is 5.78 Å². The molecule has 0 saturated carbocycles. The summed E-state index contributed by atoms with van der Waals surface area (Å²) in [5.74, 6) is 0.918. The fourth-order valence-electron chi connectivity index (χ4n) is 3.41. The van der Waals surface area contributed by atoms with E-state index >= 15 is 0 Å². The van der Waals surface area contributed by atoms with Crippen molar-refractivity contribution in [3.63, 3.8) is 0 Å². The lowest BCUT2D eigenvalue weighted by Gasteiger charge is -2.24. The maximum absolute atomic E-state index is 13.0. The Hall–Kier alpha value is -3.28. The predicted octanol–water partition coefficient (Wildman–Crippen LogP) is 3.18. The Morgan fingerprint density at radius 3 is 2.40 bits per heavy atom. The fourth-order valence-corrected chi connectivity index (χ4v) is 3.41. The molecule has 4 rings (SSSR count). The third kappa shape index (κ3) is 1.91. The van der Waals surface area contributed by atoms with Gasteiger partial charge in [0, 0.05) is 28.3 Å². The van der Waals surface area contributed by atoms with Gasteiger partial charge in [0.25, 0.3) is 0 Å². The Labute approximate surface area is 143 Å². The summed E-state index contributed by atoms with van der Waals surface area (Å²) >= 11 is 0. The molecule has 2 aromatic carbocycles. The third-order valence-corrected chi connectivity index (χ3v) is 4.45. The monoisotopic (exact) mass is 337 g/mol. The van der Waals surface area contributed by atoms with E-state index in [0.717, 1.165) is 5.39 Å². The van der Waals surface area contributed by atoms with Gasteiger partial charge in [0.1, 0.15) is 5.69 Å². The number of carbonyl (C=O) groups is 1. The smallest absolute Gasteiger partial charge is 0.212 e. The van der Waals surface area contributed by atoms with Crippen LogP contribution in [0.25, 0.3) is 21.9 Å². The Balaban J connectivity index is 2.30. The number of carbonyl (C=O) groups excluding carboxylic acids is 1. The van der Waals surface area contributed by atoms with E-state index in [0.29, 0.717) is 39.3 Å². The molecule has 6 nitrogen and oxygen atoms in total. The van der Waals surface area contributed by atoms with E-state index in [9.17, 15) is 9.90 Å². The first-order chi connectivity index (χ1) is 12.1. The second kappa shape index (κ2) is 5.37. The highest BCUT2D eigenvalue weighted by atomic mass is 16.5. The van der Waals surface area contributed by atoms with Gasteiger partial charge in [-0.15, -0.1) is 0 Å². The van der Waals surface area contributed by atoms with Crippen LogP contribution < -0.4 is 14.2 Å². The van der Waals surface area contributed by atoms with Crippen molar-refractivity contribution >= 4 is 16.6 Å². The summed E-state index contributed by atoms with van der Waals surface area (Å²) in [6, 6.07) is 6.61. The largest absolute Gasteiger partial charge is 0.504 e. The van der Waals surface area contributed by atoms with Gasteiger partial charge in [-0.25, -0.2) is 0 Å². The first-order valence-corrected chi connectivity index (χ1v) is 7.61. The van der Waals surface area contributed by atoms with E-state index in [4.69, 9.17) is 14.2 Å². The number of rotatable bonds is 3. The predicted molar refractivity (Wildman–Crippen MR) is 91.9 cm³/mol. The van der Waals surface area contributed by atoms with Crippen molar-refractivity contribution in [2.75, 3.05) is 21.3 Å². The van der Waals surface area contributed by atoms with Gasteiger partial charge < -0.3 is 19.3 Å². The molecule has 1 N–H and O–H groups in total. The number of hydrogen-bond donors (Lipinski definition) is 1. The molecular formula is C19H15NO5. The number of phenols is 1. The number of benzene rings is 2. The van der Waals surface area contributed by atoms with Crippen LogP contribution >= 0.6 is 0 Å². The topological polar surface area (TPSA) is 77.9 Å². The normalized spacial score (nSPS) is 12.0. The van der Waals surface area contributed by atoms with Crippen molar-refractivity contribution < 1.29 is 24.1 Å². The van der Waals surface area contributed by atoms with E-state index in [-0.39, 0.29) is 17.3 Å². The number of phenolic OH excluding ortho intramolecular Hbond substituents is 1. The summed E-state index contributed by atoms with van der Waals surface area (Å²) in [7, 11) is 4.52. The summed E-state index contributed by atoms with van der Waals surface area (Å²) in [4.78, 5) is 17.2. The highest BCUT2D eigenvalue weighted by molar-refractivity contribution is 6.26. The minimum Gasteiger partial charge on any atom is -0.504 e. The zero-order chi connectivity index (χ0) is 17.7. The molecule has 0 bridgehead atoms. The highest BCUT2D eigenvalue weighted by Gasteiger charge is 2.34. The summed E-state index contributed by atoms with van der Waals surface area (Å²) in [6.45, 7) is 0. The molecule has 0 amide bonds. The van der Waals surface area contributed by atoms with E-state index in [1.54, 1.807) is 31.5 Å². The second-order valence-electron chi connectivity index (χ2n) is 5.61. The molecule has 6 heteroatoms. The van der Waals surface area contributed by atoms with Crippen LogP contribution in [-0.2, 0) is 0 Å². The Bertz CT molecular complexity index is 1040. The van der Waals surface area contributed by atoms with Gasteiger partial charge in [0.05, 0.1) is 21.3 Å². The minimum absolute atomic E-state index is 0.0561. The lowest BCUT2D eigenvalue weighted by atomic mass is 9.83. The molecule has 3 aromatic rings. The quantitative estimate of drug-likeness (QED) is 0.619. The van der Waals surface area contributed by atoms with Crippen LogP contribution in [0.4, 0.5) is 0 Å². The molecule has 0 unspecified atom stereocenters. The van der Waals surface area contributed by atoms with Gasteiger partial charge in [-0.3, -0.25) is 9.78 Å². The SMILES string of the molecule is COc1cc2ccnc3c2c(c1OC)-c1c(ccc(O)c1OC)C3=O. The number of nitrogens with zero attached hydrogens (tertiary/aromatic N) is 1. The molecule has 0 atom stereocenters. The van der Waals surface area contributed by atoms with Crippen LogP contribution in [-0.4, -0.2) is 37.2 Å². The molecule has 0 saturated heterocycles. The second-order valence-corrected chi connectivity index (χ2v) is 5.61. The van der Waals surface area contributed by atoms with Crippen LogP contribution in [0.15, 0.2) is 30.5 Å². The van der Waals surface area contributed by atoms with Crippen molar-refractivity contribution in [1.82, 2.24) is 4.98 Å². The molecule has 0 radical (unpaired) electrons. The zero-order valence-corrected chi connectivity index (χ0v) is 13.9. The fraction of sp³-hybridized carbons (Fsp3) is 0.158. The van der Waals surface area contributed by atoms with Crippen LogP contribution in [0.3, 0.4) is 0 Å². The van der Waals surface area contributed by atoms with Crippen LogP contribution in [0.1, 0.15) is 16.1 Å². The van der Waals surface area contributed by atoms with Crippen molar-refractivity contribution in [2.24, 2.45) is 0 Å². The molecule has 0 aliphatic heterocycles. The van der Waals surface area contributed by atoms with Crippen LogP contribution in [0.5, 0.6) is 23.0 Å². The highest BCUT2D eigenvalue weighted by Crippen LogP contribution is 2.53. The molecule has 25 heavy (non-hydrogen) atoms. The summed E-state index contributed by atoms with van der Waals surface area (Å²) in [6.07, 6.45) is 1.59. The molecule has 1 heterocycles. The summed E-state index contributed by atoms with van der Waals surface area (Å²) in [5.41, 5.74) is 1.85. The molecule has 1 aliphatic carbocycles. The number of hydrogen-bond acceptors (Lipinski definition) is 6. The van der Waals surface area contributed by atoms with Gasteiger partial charge in [-0.05, 0) is 29.7 Å². The first-order valence-electron chi connectivity index (χ1n) is 7.61. The first kappa shape index (κ1) is 15.3. The Morgan fingerprint density at radius 2 is 1.72 bits per heavy atom. The standard InChI is InChI=1S/C19H15NO5/c1-23-12-8-9-6-7-20-16-13(9)15(19(12)25-3)14-10(17(16)22)4-5-11(21)18(14)24-2/h4-8,21H,1-3H3.